The molecule has 0 saturated heterocycles. The number of nitrogens with one attached hydrogen (secondary N) is 1. The van der Waals surface area contributed by atoms with Crippen molar-refractivity contribution in [2.24, 2.45) is 15.3 Å². The molecular formula is C10H8BN5O7S2. The van der Waals surface area contributed by atoms with E-state index in [2.05, 4.69) is 15.3 Å². The number of phenolic OH excluding ortho intramolecular Hbond substituents is 1. The van der Waals surface area contributed by atoms with Crippen LogP contribution in [0.1, 0.15) is 0 Å². The molecule has 0 aromatic heterocycles. The summed E-state index contributed by atoms with van der Waals surface area (Å²) >= 11 is 0. The van der Waals surface area contributed by atoms with Gasteiger partial charge in [-0.05, 0) is 12.1 Å². The fourth-order valence-electron chi connectivity index (χ4n) is 2.19. The first kappa shape index (κ1) is 18.7. The molecule has 2 aromatic rings. The predicted octanol–water partition coefficient (Wildman–Crippen LogP) is 1.45. The SMILES string of the molecule is [B]N=Nc1cc2c(O)c(N=N)c(S(=O)(=O)O)cc2c(S(=O)(=O)O)c1N. The Labute approximate surface area is 141 Å². The lowest BCUT2D eigenvalue weighted by Gasteiger charge is -2.13. The van der Waals surface area contributed by atoms with E-state index in [9.17, 15) is 31.0 Å². The minimum absolute atomic E-state index is 0.367. The molecule has 2 rings (SSSR count). The zero-order valence-corrected chi connectivity index (χ0v) is 13.6. The Hall–Kier alpha value is -2.62. The second kappa shape index (κ2) is 6.03. The van der Waals surface area contributed by atoms with Crippen LogP contribution in [0.5, 0.6) is 5.75 Å². The molecule has 0 fully saturated rings. The van der Waals surface area contributed by atoms with Crippen LogP contribution in [0, 0.1) is 5.53 Å². The summed E-state index contributed by atoms with van der Waals surface area (Å²) in [6.07, 6.45) is 0. The molecule has 0 unspecified atom stereocenters. The highest BCUT2D eigenvalue weighted by Crippen LogP contribution is 2.46. The number of rotatable bonds is 4. The molecule has 0 saturated carbocycles. The van der Waals surface area contributed by atoms with Gasteiger partial charge in [0.05, 0.1) is 5.69 Å². The third kappa shape index (κ3) is 3.17. The number of phenols is 1. The van der Waals surface area contributed by atoms with Crippen molar-refractivity contribution in [3.8, 4) is 5.75 Å². The molecule has 2 aromatic carbocycles. The summed E-state index contributed by atoms with van der Waals surface area (Å²) < 4.78 is 64.8. The number of nitrogen functional groups attached to an aromatic ring is 1. The van der Waals surface area contributed by atoms with Gasteiger partial charge in [-0.3, -0.25) is 14.1 Å². The van der Waals surface area contributed by atoms with Crippen LogP contribution in [0.15, 0.2) is 37.2 Å². The van der Waals surface area contributed by atoms with E-state index in [1.165, 1.54) is 0 Å². The predicted molar refractivity (Wildman–Crippen MR) is 84.7 cm³/mol. The highest BCUT2D eigenvalue weighted by molar-refractivity contribution is 7.86. The first-order chi connectivity index (χ1) is 11.4. The normalized spacial score (nSPS) is 12.7. The standard InChI is InChI=1S/C10H8BN5O7S2/c11-16-15-5-1-3-4(10(7(5)12)25(21,22)23)2-6(24(18,19)20)8(14-13)9(3)17/h1-2,13,17H,12H2,(H,18,19,20)(H,21,22,23). The second-order valence-corrected chi connectivity index (χ2v) is 7.33. The van der Waals surface area contributed by atoms with E-state index in [4.69, 9.17) is 19.2 Å². The third-order valence-electron chi connectivity index (χ3n) is 3.14. The molecule has 12 nitrogen and oxygen atoms in total. The van der Waals surface area contributed by atoms with E-state index >= 15 is 0 Å². The highest BCUT2D eigenvalue weighted by Gasteiger charge is 2.28. The Morgan fingerprint density at radius 1 is 1.08 bits per heavy atom. The molecule has 25 heavy (non-hydrogen) atoms. The molecule has 0 heterocycles. The summed E-state index contributed by atoms with van der Waals surface area (Å²) in [4.78, 5) is -2.06. The van der Waals surface area contributed by atoms with Crippen LogP contribution in [-0.2, 0) is 20.2 Å². The van der Waals surface area contributed by atoms with E-state index in [-0.39, 0.29) is 11.1 Å². The minimum Gasteiger partial charge on any atom is -0.505 e. The van der Waals surface area contributed by atoms with Gasteiger partial charge in [-0.2, -0.15) is 27.1 Å². The summed E-state index contributed by atoms with van der Waals surface area (Å²) in [7, 11) is -5.16. The quantitative estimate of drug-likeness (QED) is 0.224. The fraction of sp³-hybridized carbons (Fsp3) is 0. The zero-order valence-electron chi connectivity index (χ0n) is 11.9. The van der Waals surface area contributed by atoms with Gasteiger partial charge in [0.1, 0.15) is 21.2 Å². The van der Waals surface area contributed by atoms with Crippen LogP contribution in [0.25, 0.3) is 10.8 Å². The molecule has 0 atom stereocenters. The molecule has 6 N–H and O–H groups in total. The molecule has 2 radical (unpaired) electrons. The van der Waals surface area contributed by atoms with E-state index in [1.54, 1.807) is 0 Å². The number of benzene rings is 2. The van der Waals surface area contributed by atoms with Crippen molar-refractivity contribution >= 4 is 56.1 Å². The lowest BCUT2D eigenvalue weighted by molar-refractivity contribution is 0.471. The average Bonchev–Trinajstić information content (AvgIpc) is 2.46. The van der Waals surface area contributed by atoms with Crippen molar-refractivity contribution < 1.29 is 31.0 Å². The maximum atomic E-state index is 11.7. The number of hydrogen-bond acceptors (Lipinski definition) is 10. The molecule has 0 aliphatic heterocycles. The number of hydrogen-bond donors (Lipinski definition) is 5. The van der Waals surface area contributed by atoms with Crippen molar-refractivity contribution in [3.05, 3.63) is 12.1 Å². The van der Waals surface area contributed by atoms with Crippen LogP contribution in [0.4, 0.5) is 17.1 Å². The maximum Gasteiger partial charge on any atom is 0.297 e. The van der Waals surface area contributed by atoms with Crippen molar-refractivity contribution in [1.29, 1.82) is 5.53 Å². The molecule has 0 aliphatic carbocycles. The van der Waals surface area contributed by atoms with Crippen LogP contribution in [-0.4, -0.2) is 39.0 Å². The summed E-state index contributed by atoms with van der Waals surface area (Å²) in [5.41, 5.74) is 10.7. The molecular weight excluding hydrogens is 377 g/mol. The number of anilines is 1. The van der Waals surface area contributed by atoms with Gasteiger partial charge in [0.15, 0.2) is 5.75 Å². The Morgan fingerprint density at radius 2 is 1.68 bits per heavy atom. The highest BCUT2D eigenvalue weighted by atomic mass is 32.2. The Bertz CT molecular complexity index is 1140. The zero-order chi connectivity index (χ0) is 19.2. The van der Waals surface area contributed by atoms with Crippen molar-refractivity contribution in [3.63, 3.8) is 0 Å². The van der Waals surface area contributed by atoms with E-state index in [0.29, 0.717) is 6.07 Å². The number of fused-ring (bicyclic) bond motifs is 1. The van der Waals surface area contributed by atoms with Gasteiger partial charge < -0.3 is 10.8 Å². The van der Waals surface area contributed by atoms with Gasteiger partial charge in [0, 0.05) is 10.8 Å². The fourth-order valence-corrected chi connectivity index (χ4v) is 3.67. The van der Waals surface area contributed by atoms with Crippen LogP contribution >= 0.6 is 0 Å². The second-order valence-electron chi connectivity index (χ2n) is 4.58. The van der Waals surface area contributed by atoms with Gasteiger partial charge in [0.25, 0.3) is 28.2 Å². The largest absolute Gasteiger partial charge is 0.505 e. The minimum atomic E-state index is -5.03. The number of nitrogens with zero attached hydrogens (tertiary/aromatic N) is 3. The Kier molecular flexibility index (Phi) is 4.52. The lowest BCUT2D eigenvalue weighted by atomic mass is 10.1. The average molecular weight is 385 g/mol. The topological polar surface area (TPSA) is 216 Å². The molecule has 130 valence electrons. The number of nitrogens with two attached hydrogens (primary N) is 1. The van der Waals surface area contributed by atoms with Crippen molar-refractivity contribution in [2.45, 2.75) is 9.79 Å². The van der Waals surface area contributed by atoms with Gasteiger partial charge in [0.2, 0.25) is 0 Å². The smallest absolute Gasteiger partial charge is 0.297 e. The molecule has 0 amide bonds. The van der Waals surface area contributed by atoms with Gasteiger partial charge in [-0.1, -0.05) is 0 Å². The van der Waals surface area contributed by atoms with Crippen LogP contribution in [0.3, 0.4) is 0 Å². The summed E-state index contributed by atoms with van der Waals surface area (Å²) in [6.45, 7) is 0. The molecule has 0 spiro atoms. The van der Waals surface area contributed by atoms with Gasteiger partial charge >= 0.3 is 0 Å². The van der Waals surface area contributed by atoms with E-state index in [0.717, 1.165) is 6.07 Å². The summed E-state index contributed by atoms with van der Waals surface area (Å²) in [6, 6.07) is 1.56. The van der Waals surface area contributed by atoms with Crippen molar-refractivity contribution in [1.82, 2.24) is 0 Å². The van der Waals surface area contributed by atoms with Crippen LogP contribution in [0.2, 0.25) is 0 Å². The monoisotopic (exact) mass is 385 g/mol. The maximum absolute atomic E-state index is 11.7. The molecule has 0 bridgehead atoms. The van der Waals surface area contributed by atoms with E-state index < -0.39 is 52.5 Å². The lowest BCUT2D eigenvalue weighted by Crippen LogP contribution is -2.06. The first-order valence-electron chi connectivity index (χ1n) is 5.99. The summed E-state index contributed by atoms with van der Waals surface area (Å²) in [5.74, 6) is -0.974. The summed E-state index contributed by atoms with van der Waals surface area (Å²) in [5, 5.41) is 18.3. The van der Waals surface area contributed by atoms with Gasteiger partial charge in [-0.15, -0.1) is 0 Å². The Balaban J connectivity index is 3.26. The van der Waals surface area contributed by atoms with Crippen LogP contribution < -0.4 is 5.73 Å². The molecule has 15 heteroatoms. The Morgan fingerprint density at radius 3 is 2.12 bits per heavy atom. The first-order valence-corrected chi connectivity index (χ1v) is 8.87. The van der Waals surface area contributed by atoms with Crippen molar-refractivity contribution in [2.75, 3.05) is 5.73 Å². The van der Waals surface area contributed by atoms with Gasteiger partial charge in [-0.25, -0.2) is 5.53 Å². The molecule has 0 aliphatic rings. The number of aromatic hydroxyl groups is 1. The van der Waals surface area contributed by atoms with E-state index in [1.807, 2.05) is 0 Å². The third-order valence-corrected chi connectivity index (χ3v) is 4.96.